The molecule has 3 rings (SSSR count). The van der Waals surface area contributed by atoms with Crippen LogP contribution in [0.3, 0.4) is 0 Å². The Balaban J connectivity index is 1.53. The Bertz CT molecular complexity index is 411. The summed E-state index contributed by atoms with van der Waals surface area (Å²) in [6.07, 6.45) is 46.0. The van der Waals surface area contributed by atoms with Crippen LogP contribution in [0, 0.1) is 23.7 Å². The van der Waals surface area contributed by atoms with Gasteiger partial charge in [0.05, 0.1) is 0 Å². The first-order valence-electron chi connectivity index (χ1n) is 16.9. The van der Waals surface area contributed by atoms with Gasteiger partial charge in [0.25, 0.3) is 0 Å². The van der Waals surface area contributed by atoms with Crippen LogP contribution in [-0.4, -0.2) is 0 Å². The summed E-state index contributed by atoms with van der Waals surface area (Å²) in [6.45, 7) is 0. The van der Waals surface area contributed by atoms with Crippen molar-refractivity contribution in [3.05, 3.63) is 0 Å². The Kier molecular flexibility index (Phi) is 16.1. The minimum absolute atomic E-state index is 1.06. The number of hydrogen-bond acceptors (Lipinski definition) is 0. The molecule has 0 aromatic heterocycles. The van der Waals surface area contributed by atoms with Gasteiger partial charge in [-0.1, -0.05) is 193 Å². The van der Waals surface area contributed by atoms with Gasteiger partial charge in [-0.05, 0) is 23.7 Å². The van der Waals surface area contributed by atoms with E-state index < -0.39 is 0 Å². The smallest absolute Gasteiger partial charge is 0.0386 e. The Morgan fingerprint density at radius 3 is 0.500 bits per heavy atom. The monoisotopic (exact) mass is 473 g/mol. The molecular formula is C34H64. The molecule has 0 amide bonds. The fraction of sp³-hybridized carbons (Fsp3) is 1.00. The second kappa shape index (κ2) is 19.2. The van der Waals surface area contributed by atoms with Gasteiger partial charge in [-0.25, -0.2) is 0 Å². The van der Waals surface area contributed by atoms with Gasteiger partial charge in [0, 0.05) is 0 Å². The zero-order valence-electron chi connectivity index (χ0n) is 23.5. The predicted molar refractivity (Wildman–Crippen MR) is 152 cm³/mol. The van der Waals surface area contributed by atoms with Crippen LogP contribution in [0.25, 0.3) is 0 Å². The van der Waals surface area contributed by atoms with E-state index in [9.17, 15) is 0 Å². The fourth-order valence-electron chi connectivity index (χ4n) is 8.20. The first kappa shape index (κ1) is 28.6. The molecule has 3 fully saturated rings. The molecule has 3 aliphatic rings. The van der Waals surface area contributed by atoms with E-state index in [1.54, 1.807) is 64.2 Å². The molecule has 3 saturated carbocycles. The molecule has 0 heteroatoms. The molecule has 4 unspecified atom stereocenters. The van der Waals surface area contributed by atoms with Crippen LogP contribution in [0.1, 0.15) is 193 Å². The Labute approximate surface area is 216 Å². The van der Waals surface area contributed by atoms with Gasteiger partial charge in [0.1, 0.15) is 0 Å². The van der Waals surface area contributed by atoms with E-state index in [1.807, 2.05) is 0 Å². The second-order valence-electron chi connectivity index (χ2n) is 13.1. The molecule has 4 atom stereocenters. The SMILES string of the molecule is C1CCCCCCCCC2CCCC3CCCCCCCCC3CCCC2CCCCCCC1. The molecular weight excluding hydrogens is 408 g/mol. The van der Waals surface area contributed by atoms with Crippen molar-refractivity contribution in [1.82, 2.24) is 0 Å². The molecule has 0 aromatic rings. The van der Waals surface area contributed by atoms with Crippen LogP contribution in [-0.2, 0) is 0 Å². The summed E-state index contributed by atoms with van der Waals surface area (Å²) in [5.41, 5.74) is 0. The minimum Gasteiger partial charge on any atom is -0.0533 e. The van der Waals surface area contributed by atoms with Crippen molar-refractivity contribution in [3.8, 4) is 0 Å². The highest BCUT2D eigenvalue weighted by molar-refractivity contribution is 4.78. The average Bonchev–Trinajstić information content (AvgIpc) is 2.85. The van der Waals surface area contributed by atoms with Gasteiger partial charge >= 0.3 is 0 Å². The van der Waals surface area contributed by atoms with Gasteiger partial charge in [-0.2, -0.15) is 0 Å². The number of hydrogen-bond donors (Lipinski definition) is 0. The summed E-state index contributed by atoms with van der Waals surface area (Å²) in [6, 6.07) is 0. The molecule has 0 nitrogen and oxygen atoms in total. The molecule has 34 heavy (non-hydrogen) atoms. The van der Waals surface area contributed by atoms with Gasteiger partial charge < -0.3 is 0 Å². The Morgan fingerprint density at radius 1 is 0.147 bits per heavy atom. The van der Waals surface area contributed by atoms with E-state index >= 15 is 0 Å². The molecule has 0 spiro atoms. The molecule has 3 aliphatic carbocycles. The lowest BCUT2D eigenvalue weighted by Crippen LogP contribution is -2.22. The van der Waals surface area contributed by atoms with E-state index in [0.29, 0.717) is 0 Å². The molecule has 0 aliphatic heterocycles. The van der Waals surface area contributed by atoms with Gasteiger partial charge in [-0.15, -0.1) is 0 Å². The lowest BCUT2D eigenvalue weighted by Gasteiger charge is -2.34. The van der Waals surface area contributed by atoms with Crippen LogP contribution < -0.4 is 0 Å². The second-order valence-corrected chi connectivity index (χ2v) is 13.1. The fourth-order valence-corrected chi connectivity index (χ4v) is 8.20. The van der Waals surface area contributed by atoms with Crippen LogP contribution >= 0.6 is 0 Å². The molecule has 0 heterocycles. The highest BCUT2D eigenvalue weighted by Gasteiger charge is 2.27. The quantitative estimate of drug-likeness (QED) is 0.329. The number of fused-ring (bicyclic) bond motifs is 2. The van der Waals surface area contributed by atoms with E-state index in [-0.39, 0.29) is 0 Å². The summed E-state index contributed by atoms with van der Waals surface area (Å²) in [7, 11) is 0. The van der Waals surface area contributed by atoms with E-state index in [4.69, 9.17) is 0 Å². The lowest BCUT2D eigenvalue weighted by molar-refractivity contribution is 0.179. The molecule has 0 bridgehead atoms. The lowest BCUT2D eigenvalue weighted by atomic mass is 9.72. The van der Waals surface area contributed by atoms with Crippen molar-refractivity contribution in [2.45, 2.75) is 193 Å². The average molecular weight is 473 g/mol. The maximum atomic E-state index is 1.58. The molecule has 0 N–H and O–H groups in total. The summed E-state index contributed by atoms with van der Waals surface area (Å²) < 4.78 is 0. The summed E-state index contributed by atoms with van der Waals surface area (Å²) in [4.78, 5) is 0. The minimum atomic E-state index is 1.06. The third-order valence-electron chi connectivity index (χ3n) is 10.4. The van der Waals surface area contributed by atoms with Gasteiger partial charge in [-0.3, -0.25) is 0 Å². The van der Waals surface area contributed by atoms with Crippen molar-refractivity contribution in [2.75, 3.05) is 0 Å². The number of rotatable bonds is 0. The third-order valence-corrected chi connectivity index (χ3v) is 10.4. The van der Waals surface area contributed by atoms with E-state index in [1.165, 1.54) is 128 Å². The molecule has 0 saturated heterocycles. The van der Waals surface area contributed by atoms with Crippen molar-refractivity contribution < 1.29 is 0 Å². The van der Waals surface area contributed by atoms with Crippen molar-refractivity contribution >= 4 is 0 Å². The van der Waals surface area contributed by atoms with Crippen LogP contribution in [0.15, 0.2) is 0 Å². The standard InChI is InChI=1S/C34H64/c1-2-4-6-8-10-14-18-24-32-28-22-30-34-26-20-16-12-11-15-19-25-33(34)29-21-27-31(32)23-17-13-9-7-5-3-1/h31-34H,1-30H2. The Hall–Kier alpha value is 0. The van der Waals surface area contributed by atoms with Crippen LogP contribution in [0.5, 0.6) is 0 Å². The topological polar surface area (TPSA) is 0 Å². The highest BCUT2D eigenvalue weighted by Crippen LogP contribution is 2.40. The van der Waals surface area contributed by atoms with Crippen molar-refractivity contribution in [3.63, 3.8) is 0 Å². The predicted octanol–water partition coefficient (Wildman–Crippen LogP) is 12.2. The first-order valence-corrected chi connectivity index (χ1v) is 16.9. The van der Waals surface area contributed by atoms with Crippen LogP contribution in [0.4, 0.5) is 0 Å². The summed E-state index contributed by atoms with van der Waals surface area (Å²) in [5, 5.41) is 0. The highest BCUT2D eigenvalue weighted by atomic mass is 14.3. The zero-order valence-corrected chi connectivity index (χ0v) is 23.5. The third kappa shape index (κ3) is 12.3. The maximum Gasteiger partial charge on any atom is -0.0386 e. The van der Waals surface area contributed by atoms with Gasteiger partial charge in [0.15, 0.2) is 0 Å². The maximum absolute atomic E-state index is 1.58. The normalized spacial score (nSPS) is 33.9. The molecule has 0 aromatic carbocycles. The van der Waals surface area contributed by atoms with E-state index in [0.717, 1.165) is 23.7 Å². The van der Waals surface area contributed by atoms with Crippen molar-refractivity contribution in [1.29, 1.82) is 0 Å². The molecule has 0 radical (unpaired) electrons. The van der Waals surface area contributed by atoms with Gasteiger partial charge in [0.2, 0.25) is 0 Å². The summed E-state index contributed by atoms with van der Waals surface area (Å²) >= 11 is 0. The largest absolute Gasteiger partial charge is 0.0533 e. The van der Waals surface area contributed by atoms with Crippen LogP contribution in [0.2, 0.25) is 0 Å². The summed E-state index contributed by atoms with van der Waals surface area (Å²) in [5.74, 6) is 4.28. The van der Waals surface area contributed by atoms with Crippen molar-refractivity contribution in [2.24, 2.45) is 23.7 Å². The molecule has 200 valence electrons. The first-order chi connectivity index (χ1) is 16.9. The van der Waals surface area contributed by atoms with E-state index in [2.05, 4.69) is 0 Å². The zero-order chi connectivity index (χ0) is 23.5. The Morgan fingerprint density at radius 2 is 0.294 bits per heavy atom.